The highest BCUT2D eigenvalue weighted by Gasteiger charge is 2.21. The van der Waals surface area contributed by atoms with Crippen molar-refractivity contribution in [3.63, 3.8) is 0 Å². The molecule has 2 aromatic carbocycles. The highest BCUT2D eigenvalue weighted by Crippen LogP contribution is 2.35. The third-order valence-electron chi connectivity index (χ3n) is 3.92. The summed E-state index contributed by atoms with van der Waals surface area (Å²) < 4.78 is 41.8. The predicted octanol–water partition coefficient (Wildman–Crippen LogP) is 1.36. The van der Waals surface area contributed by atoms with Crippen LogP contribution in [0.4, 0.5) is 0 Å². The van der Waals surface area contributed by atoms with Crippen LogP contribution in [0.3, 0.4) is 0 Å². The average Bonchev–Trinajstić information content (AvgIpc) is 3.12. The minimum atomic E-state index is -3.59. The summed E-state index contributed by atoms with van der Waals surface area (Å²) in [6.45, 7) is 0.0311. The maximum atomic E-state index is 12.4. The first-order chi connectivity index (χ1) is 12.9. The van der Waals surface area contributed by atoms with Crippen LogP contribution in [0.5, 0.6) is 17.2 Å². The maximum absolute atomic E-state index is 12.4. The first-order valence-corrected chi connectivity index (χ1v) is 9.61. The molecule has 0 saturated heterocycles. The first-order valence-electron chi connectivity index (χ1n) is 8.17. The molecule has 1 aliphatic heterocycles. The van der Waals surface area contributed by atoms with Crippen molar-refractivity contribution in [3.05, 3.63) is 48.0 Å². The van der Waals surface area contributed by atoms with E-state index in [-0.39, 0.29) is 30.7 Å². The molecule has 0 bridgehead atoms. The molecule has 0 spiro atoms. The van der Waals surface area contributed by atoms with Crippen molar-refractivity contribution in [2.45, 2.75) is 11.4 Å². The zero-order valence-electron chi connectivity index (χ0n) is 15.0. The Morgan fingerprint density at radius 3 is 2.67 bits per heavy atom. The SMILES string of the molecule is CN(C)S(=O)(=O)c1ccccc1CNC(=O)COc1ccc2c(c1)OCO2. The average molecular weight is 392 g/mol. The Morgan fingerprint density at radius 2 is 1.89 bits per heavy atom. The summed E-state index contributed by atoms with van der Waals surface area (Å²) in [5.74, 6) is 1.30. The van der Waals surface area contributed by atoms with Crippen LogP contribution in [0.15, 0.2) is 47.4 Å². The molecule has 0 unspecified atom stereocenters. The number of carbonyl (C=O) groups is 1. The molecule has 1 N–H and O–H groups in total. The highest BCUT2D eigenvalue weighted by molar-refractivity contribution is 7.89. The summed E-state index contributed by atoms with van der Waals surface area (Å²) in [5, 5.41) is 2.67. The van der Waals surface area contributed by atoms with Crippen molar-refractivity contribution >= 4 is 15.9 Å². The van der Waals surface area contributed by atoms with Crippen molar-refractivity contribution in [2.75, 3.05) is 27.5 Å². The molecule has 0 radical (unpaired) electrons. The van der Waals surface area contributed by atoms with E-state index in [4.69, 9.17) is 14.2 Å². The van der Waals surface area contributed by atoms with Crippen molar-refractivity contribution in [1.29, 1.82) is 0 Å². The zero-order chi connectivity index (χ0) is 19.4. The van der Waals surface area contributed by atoms with E-state index in [1.54, 1.807) is 36.4 Å². The number of amides is 1. The highest BCUT2D eigenvalue weighted by atomic mass is 32.2. The van der Waals surface area contributed by atoms with Gasteiger partial charge in [0.2, 0.25) is 16.8 Å². The lowest BCUT2D eigenvalue weighted by molar-refractivity contribution is -0.123. The molecule has 3 rings (SSSR count). The normalized spacial score (nSPS) is 12.9. The van der Waals surface area contributed by atoms with Gasteiger partial charge in [-0.05, 0) is 23.8 Å². The molecule has 0 saturated carbocycles. The Labute approximate surface area is 157 Å². The number of nitrogens with one attached hydrogen (secondary N) is 1. The van der Waals surface area contributed by atoms with Crippen LogP contribution < -0.4 is 19.5 Å². The Morgan fingerprint density at radius 1 is 1.15 bits per heavy atom. The second-order valence-electron chi connectivity index (χ2n) is 5.98. The molecule has 8 nitrogen and oxygen atoms in total. The van der Waals surface area contributed by atoms with Crippen LogP contribution in [0, 0.1) is 0 Å². The quantitative estimate of drug-likeness (QED) is 0.765. The first kappa shape index (κ1) is 19.0. The molecule has 2 aromatic rings. The van der Waals surface area contributed by atoms with E-state index in [0.717, 1.165) is 4.31 Å². The van der Waals surface area contributed by atoms with Crippen molar-refractivity contribution in [2.24, 2.45) is 0 Å². The van der Waals surface area contributed by atoms with Gasteiger partial charge in [0.25, 0.3) is 5.91 Å². The van der Waals surface area contributed by atoms with Gasteiger partial charge in [-0.25, -0.2) is 12.7 Å². The minimum Gasteiger partial charge on any atom is -0.484 e. The van der Waals surface area contributed by atoms with E-state index in [1.807, 2.05) is 0 Å². The van der Waals surface area contributed by atoms with E-state index in [9.17, 15) is 13.2 Å². The molecule has 1 amide bonds. The van der Waals surface area contributed by atoms with Gasteiger partial charge in [0.05, 0.1) is 4.90 Å². The van der Waals surface area contributed by atoms with Gasteiger partial charge < -0.3 is 19.5 Å². The Hall–Kier alpha value is -2.78. The number of rotatable bonds is 7. The molecular formula is C18H20N2O6S. The number of carbonyl (C=O) groups excluding carboxylic acids is 1. The predicted molar refractivity (Wildman–Crippen MR) is 97.2 cm³/mol. The number of sulfonamides is 1. The third-order valence-corrected chi connectivity index (χ3v) is 5.84. The summed E-state index contributed by atoms with van der Waals surface area (Å²) in [4.78, 5) is 12.2. The fourth-order valence-electron chi connectivity index (χ4n) is 2.46. The van der Waals surface area contributed by atoms with Crippen LogP contribution in [0.2, 0.25) is 0 Å². The summed E-state index contributed by atoms with van der Waals surface area (Å²) in [6.07, 6.45) is 0. The maximum Gasteiger partial charge on any atom is 0.258 e. The lowest BCUT2D eigenvalue weighted by Gasteiger charge is -2.15. The fraction of sp³-hybridized carbons (Fsp3) is 0.278. The Kier molecular flexibility index (Phi) is 5.52. The smallest absolute Gasteiger partial charge is 0.258 e. The Bertz CT molecular complexity index is 943. The lowest BCUT2D eigenvalue weighted by Crippen LogP contribution is -2.30. The Balaban J connectivity index is 1.58. The van der Waals surface area contributed by atoms with Gasteiger partial charge in [-0.15, -0.1) is 0 Å². The van der Waals surface area contributed by atoms with Crippen molar-refractivity contribution < 1.29 is 27.4 Å². The van der Waals surface area contributed by atoms with Gasteiger partial charge in [-0.2, -0.15) is 0 Å². The van der Waals surface area contributed by atoms with E-state index in [2.05, 4.69) is 5.32 Å². The second-order valence-corrected chi connectivity index (χ2v) is 8.10. The van der Waals surface area contributed by atoms with Gasteiger partial charge >= 0.3 is 0 Å². The van der Waals surface area contributed by atoms with Crippen molar-refractivity contribution in [3.8, 4) is 17.2 Å². The lowest BCUT2D eigenvalue weighted by atomic mass is 10.2. The molecule has 0 atom stereocenters. The van der Waals surface area contributed by atoms with E-state index in [1.165, 1.54) is 20.2 Å². The van der Waals surface area contributed by atoms with Gasteiger partial charge in [-0.1, -0.05) is 18.2 Å². The fourth-order valence-corrected chi connectivity index (χ4v) is 3.57. The minimum absolute atomic E-state index is 0.0760. The molecule has 144 valence electrons. The third kappa shape index (κ3) is 4.32. The van der Waals surface area contributed by atoms with Gasteiger partial charge in [0.15, 0.2) is 18.1 Å². The molecule has 1 aliphatic rings. The number of hydrogen-bond donors (Lipinski definition) is 1. The molecule has 0 aliphatic carbocycles. The van der Waals surface area contributed by atoms with E-state index in [0.29, 0.717) is 22.8 Å². The van der Waals surface area contributed by atoms with Crippen molar-refractivity contribution in [1.82, 2.24) is 9.62 Å². The summed E-state index contributed by atoms with van der Waals surface area (Å²) in [5.41, 5.74) is 0.502. The summed E-state index contributed by atoms with van der Waals surface area (Å²) in [7, 11) is -0.667. The second kappa shape index (κ2) is 7.85. The molecule has 1 heterocycles. The topological polar surface area (TPSA) is 94.2 Å². The summed E-state index contributed by atoms with van der Waals surface area (Å²) in [6, 6.07) is 11.6. The number of nitrogens with zero attached hydrogens (tertiary/aromatic N) is 1. The van der Waals surface area contributed by atoms with Crippen LogP contribution >= 0.6 is 0 Å². The largest absolute Gasteiger partial charge is 0.484 e. The zero-order valence-corrected chi connectivity index (χ0v) is 15.8. The molecular weight excluding hydrogens is 372 g/mol. The molecule has 9 heteroatoms. The number of benzene rings is 2. The van der Waals surface area contributed by atoms with Gasteiger partial charge in [0.1, 0.15) is 5.75 Å². The van der Waals surface area contributed by atoms with E-state index >= 15 is 0 Å². The van der Waals surface area contributed by atoms with Gasteiger partial charge in [0, 0.05) is 26.7 Å². The number of fused-ring (bicyclic) bond motifs is 1. The number of hydrogen-bond acceptors (Lipinski definition) is 6. The van der Waals surface area contributed by atoms with Crippen LogP contribution in [-0.2, 0) is 21.4 Å². The molecule has 0 fully saturated rings. The summed E-state index contributed by atoms with van der Waals surface area (Å²) >= 11 is 0. The van der Waals surface area contributed by atoms with E-state index < -0.39 is 10.0 Å². The number of ether oxygens (including phenoxy) is 3. The standard InChI is InChI=1S/C18H20N2O6S/c1-20(2)27(22,23)17-6-4-3-5-13(17)10-19-18(21)11-24-14-7-8-15-16(9-14)26-12-25-15/h3-9H,10-12H2,1-2H3,(H,19,21). The molecule has 0 aromatic heterocycles. The van der Waals surface area contributed by atoms with Crippen LogP contribution in [0.1, 0.15) is 5.56 Å². The van der Waals surface area contributed by atoms with Gasteiger partial charge in [-0.3, -0.25) is 4.79 Å². The monoisotopic (exact) mass is 392 g/mol. The van der Waals surface area contributed by atoms with Crippen LogP contribution in [0.25, 0.3) is 0 Å². The van der Waals surface area contributed by atoms with Crippen LogP contribution in [-0.4, -0.2) is 46.1 Å². The molecule has 27 heavy (non-hydrogen) atoms.